The van der Waals surface area contributed by atoms with Gasteiger partial charge in [0, 0.05) is 38.6 Å². The van der Waals surface area contributed by atoms with Crippen LogP contribution in [0.2, 0.25) is 0 Å². The van der Waals surface area contributed by atoms with E-state index in [4.69, 9.17) is 4.74 Å². The zero-order valence-corrected chi connectivity index (χ0v) is 23.7. The molecule has 4 heterocycles. The maximum absolute atomic E-state index is 13.1. The maximum atomic E-state index is 13.1. The molecule has 1 aliphatic heterocycles. The number of piperazine rings is 1. The third kappa shape index (κ3) is 5.74. The Hall–Kier alpha value is -3.68. The molecular formula is C24H32BrN9O4. The van der Waals surface area contributed by atoms with E-state index in [0.717, 1.165) is 15.9 Å². The Morgan fingerprint density at radius 1 is 1.05 bits per heavy atom. The first kappa shape index (κ1) is 27.4. The van der Waals surface area contributed by atoms with E-state index in [-0.39, 0.29) is 23.6 Å². The molecule has 1 unspecified atom stereocenters. The summed E-state index contributed by atoms with van der Waals surface area (Å²) >= 11 is 3.51. The summed E-state index contributed by atoms with van der Waals surface area (Å²) in [6.45, 7) is 11.5. The number of amides is 3. The lowest BCUT2D eigenvalue weighted by molar-refractivity contribution is -0.136. The summed E-state index contributed by atoms with van der Waals surface area (Å²) in [5.41, 5.74) is 3.18. The second-order valence-electron chi connectivity index (χ2n) is 9.12. The number of aryl methyl sites for hydroxylation is 2. The summed E-state index contributed by atoms with van der Waals surface area (Å²) in [5, 5.41) is 16.1. The van der Waals surface area contributed by atoms with Gasteiger partial charge in [-0.2, -0.15) is 15.3 Å². The van der Waals surface area contributed by atoms with E-state index in [1.807, 2.05) is 13.8 Å². The van der Waals surface area contributed by atoms with Crippen LogP contribution in [0.3, 0.4) is 0 Å². The number of hydrogen-bond acceptors (Lipinski definition) is 7. The van der Waals surface area contributed by atoms with E-state index in [2.05, 4.69) is 36.5 Å². The van der Waals surface area contributed by atoms with Crippen molar-refractivity contribution in [2.45, 2.75) is 47.3 Å². The Bertz CT molecular complexity index is 1340. The Kier molecular flexibility index (Phi) is 8.19. The standard InChI is InChI=1S/C24H32BrN9O4/c1-6-38-24(37)31-11-9-30(10-12-31)23(36)18(5)33-13-20(15(2)27-33)26-22(35)19-7-8-32(29-19)14-34-17(4)21(25)16(3)28-34/h7-8,13,18H,6,9-12,14H2,1-5H3,(H,26,35). The van der Waals surface area contributed by atoms with Crippen LogP contribution in [0.4, 0.5) is 10.5 Å². The van der Waals surface area contributed by atoms with Crippen molar-refractivity contribution in [3.8, 4) is 0 Å². The van der Waals surface area contributed by atoms with Crippen LogP contribution in [0, 0.1) is 20.8 Å². The molecule has 0 saturated carbocycles. The second-order valence-corrected chi connectivity index (χ2v) is 9.91. The molecule has 3 aromatic rings. The van der Waals surface area contributed by atoms with Crippen molar-refractivity contribution in [2.75, 3.05) is 38.1 Å². The first-order chi connectivity index (χ1) is 18.1. The fourth-order valence-corrected chi connectivity index (χ4v) is 4.49. The summed E-state index contributed by atoms with van der Waals surface area (Å²) in [6.07, 6.45) is 3.01. The van der Waals surface area contributed by atoms with E-state index in [1.54, 1.807) is 63.1 Å². The van der Waals surface area contributed by atoms with Gasteiger partial charge >= 0.3 is 6.09 Å². The third-order valence-electron chi connectivity index (χ3n) is 6.48. The summed E-state index contributed by atoms with van der Waals surface area (Å²) in [5.74, 6) is -0.488. The van der Waals surface area contributed by atoms with Crippen LogP contribution < -0.4 is 5.32 Å². The molecule has 0 bridgehead atoms. The fourth-order valence-electron chi connectivity index (χ4n) is 4.20. The normalized spacial score (nSPS) is 14.5. The molecule has 1 aliphatic rings. The Morgan fingerprint density at radius 2 is 1.74 bits per heavy atom. The number of nitrogens with one attached hydrogen (secondary N) is 1. The Balaban J connectivity index is 1.36. The van der Waals surface area contributed by atoms with E-state index in [9.17, 15) is 14.4 Å². The molecule has 4 rings (SSSR count). The van der Waals surface area contributed by atoms with Gasteiger partial charge in [-0.3, -0.25) is 19.0 Å². The molecule has 1 fully saturated rings. The van der Waals surface area contributed by atoms with Gasteiger partial charge in [0.25, 0.3) is 5.91 Å². The second kappa shape index (κ2) is 11.4. The molecule has 3 aromatic heterocycles. The van der Waals surface area contributed by atoms with Crippen LogP contribution in [0.15, 0.2) is 22.9 Å². The topological polar surface area (TPSA) is 132 Å². The van der Waals surface area contributed by atoms with Crippen molar-refractivity contribution in [1.82, 2.24) is 39.1 Å². The number of halogens is 1. The Labute approximate surface area is 228 Å². The zero-order chi connectivity index (χ0) is 27.6. The number of aromatic nitrogens is 6. The van der Waals surface area contributed by atoms with Gasteiger partial charge < -0.3 is 19.9 Å². The minimum Gasteiger partial charge on any atom is -0.450 e. The number of nitrogens with zero attached hydrogens (tertiary/aromatic N) is 8. The van der Waals surface area contributed by atoms with Crippen LogP contribution >= 0.6 is 15.9 Å². The van der Waals surface area contributed by atoms with Gasteiger partial charge in [-0.25, -0.2) is 9.48 Å². The molecule has 0 radical (unpaired) electrons. The Morgan fingerprint density at radius 3 is 2.37 bits per heavy atom. The zero-order valence-electron chi connectivity index (χ0n) is 22.1. The lowest BCUT2D eigenvalue weighted by Gasteiger charge is -2.35. The first-order valence-corrected chi connectivity index (χ1v) is 13.2. The molecule has 0 spiro atoms. The lowest BCUT2D eigenvalue weighted by atomic mass is 10.2. The monoisotopic (exact) mass is 589 g/mol. The van der Waals surface area contributed by atoms with Crippen LogP contribution in [0.5, 0.6) is 0 Å². The largest absolute Gasteiger partial charge is 0.450 e. The highest BCUT2D eigenvalue weighted by atomic mass is 79.9. The molecular weight excluding hydrogens is 558 g/mol. The smallest absolute Gasteiger partial charge is 0.409 e. The van der Waals surface area contributed by atoms with Crippen LogP contribution in [-0.4, -0.2) is 89.8 Å². The van der Waals surface area contributed by atoms with Crippen molar-refractivity contribution in [3.63, 3.8) is 0 Å². The van der Waals surface area contributed by atoms with Crippen molar-refractivity contribution in [3.05, 3.63) is 45.7 Å². The fraction of sp³-hybridized carbons (Fsp3) is 0.500. The number of ether oxygens (including phenoxy) is 1. The molecule has 204 valence electrons. The van der Waals surface area contributed by atoms with Gasteiger partial charge in [0.2, 0.25) is 5.91 Å². The van der Waals surface area contributed by atoms with Gasteiger partial charge in [-0.05, 0) is 56.6 Å². The molecule has 13 nitrogen and oxygen atoms in total. The average Bonchev–Trinajstić information content (AvgIpc) is 3.58. The molecule has 1 N–H and O–H groups in total. The number of carbonyl (C=O) groups excluding carboxylic acids is 3. The van der Waals surface area contributed by atoms with Gasteiger partial charge in [-0.1, -0.05) is 0 Å². The van der Waals surface area contributed by atoms with Gasteiger partial charge in [0.1, 0.15) is 12.7 Å². The summed E-state index contributed by atoms with van der Waals surface area (Å²) in [4.78, 5) is 41.2. The lowest BCUT2D eigenvalue weighted by Crippen LogP contribution is -2.52. The van der Waals surface area contributed by atoms with E-state index >= 15 is 0 Å². The number of carbonyl (C=O) groups is 3. The van der Waals surface area contributed by atoms with Gasteiger partial charge in [0.15, 0.2) is 5.69 Å². The van der Waals surface area contributed by atoms with Gasteiger partial charge in [0.05, 0.1) is 33.8 Å². The minimum atomic E-state index is -0.576. The highest BCUT2D eigenvalue weighted by Gasteiger charge is 2.29. The predicted molar refractivity (Wildman–Crippen MR) is 142 cm³/mol. The van der Waals surface area contributed by atoms with Crippen molar-refractivity contribution < 1.29 is 19.1 Å². The average molecular weight is 590 g/mol. The van der Waals surface area contributed by atoms with Crippen LogP contribution in [0.25, 0.3) is 0 Å². The number of rotatable bonds is 7. The van der Waals surface area contributed by atoms with Gasteiger partial charge in [-0.15, -0.1) is 0 Å². The summed E-state index contributed by atoms with van der Waals surface area (Å²) in [6, 6.07) is 1.06. The number of anilines is 1. The minimum absolute atomic E-state index is 0.108. The molecule has 38 heavy (non-hydrogen) atoms. The first-order valence-electron chi connectivity index (χ1n) is 12.4. The highest BCUT2D eigenvalue weighted by Crippen LogP contribution is 2.21. The summed E-state index contributed by atoms with van der Waals surface area (Å²) in [7, 11) is 0. The van der Waals surface area contributed by atoms with E-state index in [0.29, 0.717) is 50.8 Å². The van der Waals surface area contributed by atoms with Crippen LogP contribution in [-0.2, 0) is 16.2 Å². The molecule has 0 aliphatic carbocycles. The van der Waals surface area contributed by atoms with E-state index < -0.39 is 6.04 Å². The maximum Gasteiger partial charge on any atom is 0.409 e. The summed E-state index contributed by atoms with van der Waals surface area (Å²) < 4.78 is 11.0. The van der Waals surface area contributed by atoms with Crippen molar-refractivity contribution >= 4 is 39.5 Å². The quantitative estimate of drug-likeness (QED) is 0.448. The highest BCUT2D eigenvalue weighted by molar-refractivity contribution is 9.10. The molecule has 0 aromatic carbocycles. The van der Waals surface area contributed by atoms with Crippen molar-refractivity contribution in [1.29, 1.82) is 0 Å². The van der Waals surface area contributed by atoms with E-state index in [1.165, 1.54) is 0 Å². The number of hydrogen-bond donors (Lipinski definition) is 1. The molecule has 1 saturated heterocycles. The molecule has 1 atom stereocenters. The predicted octanol–water partition coefficient (Wildman–Crippen LogP) is 2.58. The third-order valence-corrected chi connectivity index (χ3v) is 7.63. The van der Waals surface area contributed by atoms with Crippen LogP contribution in [0.1, 0.15) is 47.5 Å². The molecule has 3 amide bonds. The molecule has 14 heteroatoms. The SMILES string of the molecule is CCOC(=O)N1CCN(C(=O)C(C)n2cc(NC(=O)c3ccn(Cn4nc(C)c(Br)c4C)n3)c(C)n2)CC1. The van der Waals surface area contributed by atoms with Crippen molar-refractivity contribution in [2.24, 2.45) is 0 Å².